The zero-order valence-corrected chi connectivity index (χ0v) is 15.8. The Kier molecular flexibility index (Phi) is 12.4. The number of hydrogen-bond donors (Lipinski definition) is 2. The van der Waals surface area contributed by atoms with Gasteiger partial charge >= 0.3 is 0 Å². The summed E-state index contributed by atoms with van der Waals surface area (Å²) in [6, 6.07) is 5.70. The molecule has 2 aromatic heterocycles. The molecule has 0 atom stereocenters. The summed E-state index contributed by atoms with van der Waals surface area (Å²) in [4.78, 5) is 20.5. The van der Waals surface area contributed by atoms with E-state index in [2.05, 4.69) is 20.6 Å². The number of thiazole rings is 1. The standard InChI is InChI=1S/C15H20N4O2S.2ClH/c1-21-9-8-16-6-7-18-14(20)10-12-11-22-15(19-12)13-4-2-3-5-17-13;;/h2-5,11,16H,6-10H2,1H3,(H,18,20);2*1H. The van der Waals surface area contributed by atoms with Crippen molar-refractivity contribution in [3.63, 3.8) is 0 Å². The van der Waals surface area contributed by atoms with Crippen molar-refractivity contribution in [2.45, 2.75) is 6.42 Å². The molecule has 0 saturated carbocycles. The molecule has 0 saturated heterocycles. The number of rotatable bonds is 9. The summed E-state index contributed by atoms with van der Waals surface area (Å²) in [6.07, 6.45) is 2.03. The monoisotopic (exact) mass is 392 g/mol. The van der Waals surface area contributed by atoms with Gasteiger partial charge in [0.15, 0.2) is 0 Å². The maximum Gasteiger partial charge on any atom is 0.226 e. The molecule has 2 aromatic rings. The fourth-order valence-corrected chi connectivity index (χ4v) is 2.61. The molecule has 0 fully saturated rings. The van der Waals surface area contributed by atoms with Crippen LogP contribution in [0.5, 0.6) is 0 Å². The van der Waals surface area contributed by atoms with Crippen LogP contribution in [0, 0.1) is 0 Å². The molecule has 6 nitrogen and oxygen atoms in total. The number of amides is 1. The molecule has 2 rings (SSSR count). The molecule has 1 amide bonds. The Morgan fingerprint density at radius 2 is 2.08 bits per heavy atom. The van der Waals surface area contributed by atoms with Crippen molar-refractivity contribution in [1.29, 1.82) is 0 Å². The Balaban J connectivity index is 0.00000264. The second-order valence-corrected chi connectivity index (χ2v) is 5.49. The molecule has 0 aliphatic rings. The van der Waals surface area contributed by atoms with Crippen molar-refractivity contribution in [2.75, 3.05) is 33.4 Å². The van der Waals surface area contributed by atoms with Crippen molar-refractivity contribution >= 4 is 42.1 Å². The van der Waals surface area contributed by atoms with Gasteiger partial charge in [0.25, 0.3) is 0 Å². The molecule has 0 radical (unpaired) electrons. The van der Waals surface area contributed by atoms with Crippen molar-refractivity contribution in [3.05, 3.63) is 35.5 Å². The Bertz CT molecular complexity index is 584. The van der Waals surface area contributed by atoms with Crippen LogP contribution in [0.3, 0.4) is 0 Å². The Labute approximate surface area is 158 Å². The normalized spacial score (nSPS) is 9.71. The average molecular weight is 393 g/mol. The van der Waals surface area contributed by atoms with E-state index < -0.39 is 0 Å². The molecule has 24 heavy (non-hydrogen) atoms. The number of halogens is 2. The molecule has 0 aliphatic carbocycles. The second-order valence-electron chi connectivity index (χ2n) is 4.63. The van der Waals surface area contributed by atoms with Gasteiger partial charge in [0.2, 0.25) is 5.91 Å². The molecule has 2 N–H and O–H groups in total. The molecular weight excluding hydrogens is 371 g/mol. The van der Waals surface area contributed by atoms with Gasteiger partial charge in [-0.2, -0.15) is 0 Å². The van der Waals surface area contributed by atoms with E-state index in [0.29, 0.717) is 19.6 Å². The molecular formula is C15H22Cl2N4O2S. The highest BCUT2D eigenvalue weighted by molar-refractivity contribution is 7.13. The number of aromatic nitrogens is 2. The number of carbonyl (C=O) groups excluding carboxylic acids is 1. The summed E-state index contributed by atoms with van der Waals surface area (Å²) < 4.78 is 4.93. The lowest BCUT2D eigenvalue weighted by Crippen LogP contribution is -2.33. The van der Waals surface area contributed by atoms with Crippen LogP contribution < -0.4 is 10.6 Å². The SMILES string of the molecule is COCCNCCNC(=O)Cc1csc(-c2ccccn2)n1.Cl.Cl. The van der Waals surface area contributed by atoms with E-state index in [9.17, 15) is 4.79 Å². The summed E-state index contributed by atoms with van der Waals surface area (Å²) in [5.41, 5.74) is 1.61. The van der Waals surface area contributed by atoms with Crippen molar-refractivity contribution < 1.29 is 9.53 Å². The molecule has 9 heteroatoms. The molecule has 0 unspecified atom stereocenters. The first-order chi connectivity index (χ1) is 10.8. The van der Waals surface area contributed by atoms with E-state index in [1.54, 1.807) is 13.3 Å². The van der Waals surface area contributed by atoms with Gasteiger partial charge in [0.1, 0.15) is 5.01 Å². The van der Waals surface area contributed by atoms with Crippen LogP contribution in [-0.4, -0.2) is 49.2 Å². The van der Waals surface area contributed by atoms with Gasteiger partial charge in [-0.25, -0.2) is 4.98 Å². The van der Waals surface area contributed by atoms with Gasteiger partial charge in [-0.3, -0.25) is 9.78 Å². The van der Waals surface area contributed by atoms with Crippen LogP contribution in [0.25, 0.3) is 10.7 Å². The fraction of sp³-hybridized carbons (Fsp3) is 0.400. The van der Waals surface area contributed by atoms with Crippen LogP contribution in [0.15, 0.2) is 29.8 Å². The summed E-state index contributed by atoms with van der Waals surface area (Å²) in [7, 11) is 1.66. The molecule has 2 heterocycles. The van der Waals surface area contributed by atoms with E-state index in [1.807, 2.05) is 23.6 Å². The number of nitrogens with one attached hydrogen (secondary N) is 2. The Morgan fingerprint density at radius 1 is 1.25 bits per heavy atom. The van der Waals surface area contributed by atoms with Crippen molar-refractivity contribution in [2.24, 2.45) is 0 Å². The van der Waals surface area contributed by atoms with Crippen LogP contribution >= 0.6 is 36.2 Å². The number of hydrogen-bond acceptors (Lipinski definition) is 6. The van der Waals surface area contributed by atoms with Gasteiger partial charge in [0.05, 0.1) is 24.4 Å². The van der Waals surface area contributed by atoms with Crippen LogP contribution in [-0.2, 0) is 16.0 Å². The van der Waals surface area contributed by atoms with Gasteiger partial charge in [-0.15, -0.1) is 36.2 Å². The third-order valence-electron chi connectivity index (χ3n) is 2.88. The Morgan fingerprint density at radius 3 is 2.79 bits per heavy atom. The molecule has 0 aromatic carbocycles. The molecule has 0 aliphatic heterocycles. The maximum atomic E-state index is 11.8. The largest absolute Gasteiger partial charge is 0.383 e. The quantitative estimate of drug-likeness (QED) is 0.637. The smallest absolute Gasteiger partial charge is 0.226 e. The number of methoxy groups -OCH3 is 1. The lowest BCUT2D eigenvalue weighted by molar-refractivity contribution is -0.120. The number of pyridine rings is 1. The minimum atomic E-state index is -0.0218. The van der Waals surface area contributed by atoms with E-state index >= 15 is 0 Å². The van der Waals surface area contributed by atoms with Gasteiger partial charge < -0.3 is 15.4 Å². The Hall–Kier alpha value is -1.25. The third-order valence-corrected chi connectivity index (χ3v) is 3.80. The van der Waals surface area contributed by atoms with Crippen LogP contribution in [0.4, 0.5) is 0 Å². The fourth-order valence-electron chi connectivity index (χ4n) is 1.81. The highest BCUT2D eigenvalue weighted by Gasteiger charge is 2.09. The lowest BCUT2D eigenvalue weighted by atomic mass is 10.3. The molecule has 134 valence electrons. The maximum absolute atomic E-state index is 11.8. The first kappa shape index (κ1) is 22.8. The molecule has 0 bridgehead atoms. The average Bonchev–Trinajstić information content (AvgIpc) is 3.00. The minimum Gasteiger partial charge on any atom is -0.383 e. The summed E-state index contributed by atoms with van der Waals surface area (Å²) in [5.74, 6) is -0.0218. The van der Waals surface area contributed by atoms with Gasteiger partial charge in [-0.05, 0) is 12.1 Å². The van der Waals surface area contributed by atoms with Crippen molar-refractivity contribution in [1.82, 2.24) is 20.6 Å². The number of carbonyl (C=O) groups is 1. The summed E-state index contributed by atoms with van der Waals surface area (Å²) in [6.45, 7) is 2.78. The number of ether oxygens (including phenoxy) is 1. The predicted molar refractivity (Wildman–Crippen MR) is 101 cm³/mol. The number of nitrogens with zero attached hydrogens (tertiary/aromatic N) is 2. The highest BCUT2D eigenvalue weighted by Crippen LogP contribution is 2.21. The van der Waals surface area contributed by atoms with Gasteiger partial charge in [0, 0.05) is 38.3 Å². The van der Waals surface area contributed by atoms with Crippen LogP contribution in [0.1, 0.15) is 5.69 Å². The zero-order chi connectivity index (χ0) is 15.6. The van der Waals surface area contributed by atoms with Crippen LogP contribution in [0.2, 0.25) is 0 Å². The third kappa shape index (κ3) is 8.03. The summed E-state index contributed by atoms with van der Waals surface area (Å²) >= 11 is 1.50. The minimum absolute atomic E-state index is 0. The van der Waals surface area contributed by atoms with E-state index in [0.717, 1.165) is 29.5 Å². The summed E-state index contributed by atoms with van der Waals surface area (Å²) in [5, 5.41) is 8.77. The van der Waals surface area contributed by atoms with E-state index in [-0.39, 0.29) is 30.7 Å². The molecule has 0 spiro atoms. The highest BCUT2D eigenvalue weighted by atomic mass is 35.5. The zero-order valence-electron chi connectivity index (χ0n) is 13.4. The second kappa shape index (κ2) is 13.1. The topological polar surface area (TPSA) is 76.1 Å². The van der Waals surface area contributed by atoms with Gasteiger partial charge in [-0.1, -0.05) is 6.07 Å². The van der Waals surface area contributed by atoms with E-state index in [4.69, 9.17) is 4.74 Å². The first-order valence-electron chi connectivity index (χ1n) is 7.12. The van der Waals surface area contributed by atoms with E-state index in [1.165, 1.54) is 11.3 Å². The lowest BCUT2D eigenvalue weighted by Gasteiger charge is -2.05. The first-order valence-corrected chi connectivity index (χ1v) is 7.99. The predicted octanol–water partition coefficient (Wildman–Crippen LogP) is 1.94. The van der Waals surface area contributed by atoms with Crippen molar-refractivity contribution in [3.8, 4) is 10.7 Å².